The first-order valence-electron chi connectivity index (χ1n) is 4.52. The molecule has 7 heteroatoms. The molecule has 2 aliphatic rings. The number of aromatic hydroxyl groups is 1. The van der Waals surface area contributed by atoms with Crippen molar-refractivity contribution in [2.45, 2.75) is 7.59 Å². The van der Waals surface area contributed by atoms with E-state index in [1.54, 1.807) is 12.1 Å². The number of fused-ring (bicyclic) bond motifs is 1. The molecular formula is C9H8I2N2O3. The third kappa shape index (κ3) is 1.79. The van der Waals surface area contributed by atoms with Gasteiger partial charge in [-0.25, -0.2) is 0 Å². The summed E-state index contributed by atoms with van der Waals surface area (Å²) in [5, 5.41) is 9.23. The van der Waals surface area contributed by atoms with E-state index < -0.39 is 20.4 Å². The van der Waals surface area contributed by atoms with Crippen molar-refractivity contribution in [3.63, 3.8) is 0 Å². The third-order valence-electron chi connectivity index (χ3n) is 2.28. The number of carbonyl (C=O) groups is 1. The number of nitrogens with one attached hydrogen (secondary N) is 2. The Hall–Kier alpha value is -0.130. The Kier molecular flexibility index (Phi) is 2.53. The van der Waals surface area contributed by atoms with E-state index in [9.17, 15) is 9.90 Å². The number of phenols is 1. The number of hydrogen-bond acceptors (Lipinski definition) is 5. The van der Waals surface area contributed by atoms with Gasteiger partial charge in [0.1, 0.15) is 0 Å². The number of esters is 1. The second kappa shape index (κ2) is 3.68. The van der Waals surface area contributed by atoms with E-state index in [2.05, 4.69) is 29.7 Å². The molecule has 86 valence electrons. The summed E-state index contributed by atoms with van der Waals surface area (Å²) in [5.41, 5.74) is 0. The van der Waals surface area contributed by atoms with Crippen LogP contribution in [0.25, 0.3) is 0 Å². The monoisotopic (exact) mass is 446 g/mol. The maximum atomic E-state index is 11.8. The van der Waals surface area contributed by atoms with Gasteiger partial charge < -0.3 is 0 Å². The van der Waals surface area contributed by atoms with Gasteiger partial charge in [-0.2, -0.15) is 0 Å². The zero-order valence-electron chi connectivity index (χ0n) is 7.91. The average molecular weight is 446 g/mol. The topological polar surface area (TPSA) is 90.4 Å². The molecule has 3 N–H and O–H groups in total. The number of alkyl halides is 2. The fourth-order valence-electron chi connectivity index (χ4n) is 1.31. The van der Waals surface area contributed by atoms with Crippen molar-refractivity contribution in [2.75, 3.05) is 0 Å². The summed E-state index contributed by atoms with van der Waals surface area (Å²) in [6.45, 7) is 0. The molecule has 2 aliphatic heterocycles. The van der Waals surface area contributed by atoms with Gasteiger partial charge in [0.2, 0.25) is 0 Å². The first-order valence-corrected chi connectivity index (χ1v) is 9.00. The van der Waals surface area contributed by atoms with Crippen LogP contribution in [0.3, 0.4) is 0 Å². The average Bonchev–Trinajstić information content (AvgIpc) is 3.04. The van der Waals surface area contributed by atoms with E-state index in [1.807, 2.05) is 0 Å². The molecule has 0 radical (unpaired) electrons. The number of halogens is 2. The molecule has 3 rings (SSSR count). The van der Waals surface area contributed by atoms with Crippen LogP contribution < -0.4 is 11.8 Å². The van der Waals surface area contributed by atoms with Crippen LogP contribution in [0, 0.1) is 0 Å². The Bertz CT molecular complexity index is 462. The molecule has 1 aromatic rings. The predicted octanol–water partition coefficient (Wildman–Crippen LogP) is 1.30. The summed E-state index contributed by atoms with van der Waals surface area (Å²) in [6, 6.07) is 6.25. The van der Waals surface area contributed by atoms with Gasteiger partial charge >= 0.3 is 114 Å². The molecule has 0 amide bonds. The molecule has 16 heavy (non-hydrogen) atoms. The molecular weight excluding hydrogens is 438 g/mol. The van der Waals surface area contributed by atoms with Crippen molar-refractivity contribution >= 4 is 48.9 Å². The summed E-state index contributed by atoms with van der Waals surface area (Å²) in [6.07, 6.45) is 0. The van der Waals surface area contributed by atoms with Gasteiger partial charge in [-0.15, -0.1) is 0 Å². The van der Waals surface area contributed by atoms with E-state index in [4.69, 9.17) is 4.74 Å². The van der Waals surface area contributed by atoms with Crippen LogP contribution in [0.4, 0.5) is 0 Å². The van der Waals surface area contributed by atoms with Gasteiger partial charge in [0, 0.05) is 0 Å². The molecule has 5 nitrogen and oxygen atoms in total. The first-order chi connectivity index (χ1) is 7.62. The second-order valence-electron chi connectivity index (χ2n) is 3.47. The number of ether oxygens (including phenoxy) is 1. The van der Waals surface area contributed by atoms with Crippen LogP contribution in [0.15, 0.2) is 24.3 Å². The van der Waals surface area contributed by atoms with Crippen LogP contribution in [-0.4, -0.2) is 18.7 Å². The summed E-state index contributed by atoms with van der Waals surface area (Å²) in [5.74, 6) is 0.198. The molecule has 1 unspecified atom stereocenters. The quantitative estimate of drug-likeness (QED) is 0.124. The number of phenolic OH excluding ortho intramolecular Hbond substituents is 1. The van der Waals surface area contributed by atoms with Crippen molar-refractivity contribution in [1.82, 2.24) is 7.06 Å². The molecule has 2 heterocycles. The number of hydrogen-bond donors (Lipinski definition) is 3. The van der Waals surface area contributed by atoms with Gasteiger partial charge in [-0.3, -0.25) is 0 Å². The number of rotatable bonds is 3. The summed E-state index contributed by atoms with van der Waals surface area (Å²) < 4.78 is 11.5. The van der Waals surface area contributed by atoms with Crippen LogP contribution in [0.2, 0.25) is 0 Å². The van der Waals surface area contributed by atoms with Crippen molar-refractivity contribution < 1.29 is 14.6 Å². The van der Waals surface area contributed by atoms with Crippen LogP contribution in [-0.2, 0) is 4.79 Å². The van der Waals surface area contributed by atoms with Crippen LogP contribution >= 0.6 is 43.0 Å². The van der Waals surface area contributed by atoms with Crippen LogP contribution in [0.5, 0.6) is 11.5 Å². The van der Waals surface area contributed by atoms with Gasteiger partial charge in [0.05, 0.1) is 0 Å². The van der Waals surface area contributed by atoms with Crippen molar-refractivity contribution in [3.05, 3.63) is 24.3 Å². The first kappa shape index (κ1) is 11.0. The Labute approximate surface area is 113 Å². The van der Waals surface area contributed by atoms with Crippen molar-refractivity contribution in [2.24, 2.45) is 0 Å². The van der Waals surface area contributed by atoms with Gasteiger partial charge in [-0.05, 0) is 0 Å². The van der Waals surface area contributed by atoms with E-state index in [0.717, 1.165) is 0 Å². The van der Waals surface area contributed by atoms with Gasteiger partial charge in [-0.1, -0.05) is 0 Å². The van der Waals surface area contributed by atoms with E-state index in [0.29, 0.717) is 5.75 Å². The summed E-state index contributed by atoms with van der Waals surface area (Å²) in [7, 11) is 0. The fourth-order valence-corrected chi connectivity index (χ4v) is 8.68. The van der Waals surface area contributed by atoms with Gasteiger partial charge in [0.25, 0.3) is 0 Å². The second-order valence-corrected chi connectivity index (χ2v) is 9.11. The van der Waals surface area contributed by atoms with Crippen molar-refractivity contribution in [3.8, 4) is 11.5 Å². The molecule has 0 aliphatic carbocycles. The van der Waals surface area contributed by atoms with Crippen LogP contribution in [0.1, 0.15) is 0 Å². The van der Waals surface area contributed by atoms with Crippen molar-refractivity contribution in [1.29, 1.82) is 0 Å². The van der Waals surface area contributed by atoms with E-state index in [1.165, 1.54) is 12.1 Å². The molecule has 1 aromatic carbocycles. The minimum absolute atomic E-state index is 0.0710. The summed E-state index contributed by atoms with van der Waals surface area (Å²) >= 11 is 0.988. The fraction of sp³-hybridized carbons (Fsp3) is 0.222. The molecule has 0 spiro atoms. The standard InChI is InChI=1S/C9H8I2N2O3/c10-7(9-11(12-9)13-9)8(15)16-6-3-1-2-5(14)4-6/h1-4,7,12-14H. The molecule has 2 saturated heterocycles. The molecule has 0 bridgehead atoms. The van der Waals surface area contributed by atoms with E-state index in [-0.39, 0.29) is 19.3 Å². The molecule has 2 fully saturated rings. The molecule has 1 atom stereocenters. The molecule has 0 aromatic heterocycles. The zero-order chi connectivity index (χ0) is 11.3. The Balaban J connectivity index is 1.68. The Morgan fingerprint density at radius 1 is 1.56 bits per heavy atom. The normalized spacial score (nSPS) is 23.2. The minimum atomic E-state index is -1.10. The Morgan fingerprint density at radius 2 is 2.25 bits per heavy atom. The van der Waals surface area contributed by atoms with E-state index >= 15 is 0 Å². The SMILES string of the molecule is O=C(Oc1cccc(O)c1)C(I)C12NI1N2. The summed E-state index contributed by atoms with van der Waals surface area (Å²) in [4.78, 5) is 11.8. The molecule has 0 saturated carbocycles. The maximum absolute atomic E-state index is 11.8. The zero-order valence-corrected chi connectivity index (χ0v) is 12.2. The number of carbonyl (C=O) groups excluding carboxylic acids is 1. The Morgan fingerprint density at radius 3 is 2.81 bits per heavy atom. The van der Waals surface area contributed by atoms with Gasteiger partial charge in [0.15, 0.2) is 0 Å². The number of benzene rings is 1. The predicted molar refractivity (Wildman–Crippen MR) is 74.6 cm³/mol. The third-order valence-corrected chi connectivity index (χ3v) is 9.48.